The number of pyridine rings is 1. The lowest BCUT2D eigenvalue weighted by Crippen LogP contribution is -2.16. The SMILES string of the molecule is O=C1C=C(c2ccc(O[C@@H]3CCc4c(-c5ccc(OCC6CC6)nc5)cccc43)cc2)S(=O)N1. The summed E-state index contributed by atoms with van der Waals surface area (Å²) in [5.74, 6) is 1.80. The number of carbonyl (C=O) groups is 1. The molecule has 0 radical (unpaired) electrons. The molecule has 7 heteroatoms. The van der Waals surface area contributed by atoms with Gasteiger partial charge < -0.3 is 9.47 Å². The molecule has 6 rings (SSSR count). The van der Waals surface area contributed by atoms with Gasteiger partial charge in [-0.15, -0.1) is 0 Å². The number of fused-ring (bicyclic) bond motifs is 1. The van der Waals surface area contributed by atoms with Crippen LogP contribution in [0.3, 0.4) is 0 Å². The first-order valence-electron chi connectivity index (χ1n) is 11.6. The van der Waals surface area contributed by atoms with Gasteiger partial charge in [-0.1, -0.05) is 30.3 Å². The first kappa shape index (κ1) is 21.1. The van der Waals surface area contributed by atoms with Crippen molar-refractivity contribution < 1.29 is 18.5 Å². The molecule has 172 valence electrons. The van der Waals surface area contributed by atoms with E-state index in [0.29, 0.717) is 16.7 Å². The zero-order valence-corrected chi connectivity index (χ0v) is 19.3. The number of rotatable bonds is 7. The molecule has 6 nitrogen and oxygen atoms in total. The maximum absolute atomic E-state index is 12.0. The minimum atomic E-state index is -1.50. The van der Waals surface area contributed by atoms with Crippen LogP contribution in [0.1, 0.15) is 42.1 Å². The Morgan fingerprint density at radius 1 is 1.00 bits per heavy atom. The van der Waals surface area contributed by atoms with Gasteiger partial charge in [0.05, 0.1) is 11.5 Å². The molecular weight excluding hydrogens is 448 g/mol. The highest BCUT2D eigenvalue weighted by atomic mass is 32.2. The summed E-state index contributed by atoms with van der Waals surface area (Å²) in [6.07, 6.45) is 7.61. The molecule has 1 unspecified atom stereocenters. The quantitative estimate of drug-likeness (QED) is 0.538. The van der Waals surface area contributed by atoms with Gasteiger partial charge in [-0.2, -0.15) is 0 Å². The lowest BCUT2D eigenvalue weighted by molar-refractivity contribution is -0.114. The number of benzene rings is 2. The van der Waals surface area contributed by atoms with Crippen molar-refractivity contribution >= 4 is 21.8 Å². The minimum absolute atomic E-state index is 0.0296. The molecule has 3 aromatic rings. The molecule has 1 N–H and O–H groups in total. The summed E-state index contributed by atoms with van der Waals surface area (Å²) >= 11 is 0. The number of amides is 1. The van der Waals surface area contributed by atoms with Crippen LogP contribution >= 0.6 is 0 Å². The van der Waals surface area contributed by atoms with Gasteiger partial charge in [0.2, 0.25) is 5.88 Å². The van der Waals surface area contributed by atoms with E-state index < -0.39 is 11.0 Å². The van der Waals surface area contributed by atoms with E-state index in [2.05, 4.69) is 34.0 Å². The number of aromatic nitrogens is 1. The number of carbonyl (C=O) groups excluding carboxylic acids is 1. The maximum atomic E-state index is 12.0. The summed E-state index contributed by atoms with van der Waals surface area (Å²) in [7, 11) is -1.50. The third-order valence-corrected chi connectivity index (χ3v) is 7.64. The van der Waals surface area contributed by atoms with Crippen molar-refractivity contribution in [2.24, 2.45) is 5.92 Å². The number of ether oxygens (including phenoxy) is 2. The average molecular weight is 473 g/mol. The molecule has 34 heavy (non-hydrogen) atoms. The third-order valence-electron chi connectivity index (χ3n) is 6.50. The van der Waals surface area contributed by atoms with Crippen molar-refractivity contribution in [1.29, 1.82) is 0 Å². The Morgan fingerprint density at radius 2 is 1.82 bits per heavy atom. The van der Waals surface area contributed by atoms with Crippen LogP contribution in [0.5, 0.6) is 11.6 Å². The van der Waals surface area contributed by atoms with Gasteiger partial charge in [-0.3, -0.25) is 9.52 Å². The van der Waals surface area contributed by atoms with Gasteiger partial charge in [0.15, 0.2) is 11.0 Å². The second-order valence-electron chi connectivity index (χ2n) is 8.93. The molecule has 2 aromatic carbocycles. The molecule has 1 aromatic heterocycles. The van der Waals surface area contributed by atoms with Crippen molar-refractivity contribution in [3.8, 4) is 22.8 Å². The molecule has 0 bridgehead atoms. The van der Waals surface area contributed by atoms with Crippen LogP contribution in [-0.2, 0) is 22.2 Å². The van der Waals surface area contributed by atoms with E-state index in [4.69, 9.17) is 9.47 Å². The molecule has 1 fully saturated rings. The zero-order chi connectivity index (χ0) is 23.1. The first-order valence-corrected chi connectivity index (χ1v) is 12.7. The number of nitrogens with one attached hydrogen (secondary N) is 1. The molecule has 0 spiro atoms. The van der Waals surface area contributed by atoms with E-state index in [1.807, 2.05) is 36.5 Å². The first-order chi connectivity index (χ1) is 16.6. The minimum Gasteiger partial charge on any atom is -0.486 e. The fourth-order valence-electron chi connectivity index (χ4n) is 4.52. The number of hydrogen-bond acceptors (Lipinski definition) is 5. The molecule has 2 aliphatic carbocycles. The molecule has 2 heterocycles. The predicted octanol–water partition coefficient (Wildman–Crippen LogP) is 4.74. The Bertz CT molecular complexity index is 1300. The van der Waals surface area contributed by atoms with Crippen molar-refractivity contribution in [2.75, 3.05) is 6.61 Å². The van der Waals surface area contributed by atoms with Crippen LogP contribution < -0.4 is 14.2 Å². The number of nitrogens with zero attached hydrogens (tertiary/aromatic N) is 1. The molecule has 1 aliphatic heterocycles. The molecule has 1 amide bonds. The molecule has 2 atom stereocenters. The van der Waals surface area contributed by atoms with Crippen molar-refractivity contribution in [2.45, 2.75) is 31.8 Å². The smallest absolute Gasteiger partial charge is 0.257 e. The second kappa shape index (κ2) is 8.72. The molecule has 1 saturated carbocycles. The van der Waals surface area contributed by atoms with Crippen LogP contribution in [0.4, 0.5) is 0 Å². The van der Waals surface area contributed by atoms with E-state index in [9.17, 15) is 9.00 Å². The van der Waals surface area contributed by atoms with E-state index in [0.717, 1.165) is 36.3 Å². The van der Waals surface area contributed by atoms with Crippen molar-refractivity contribution in [3.63, 3.8) is 0 Å². The van der Waals surface area contributed by atoms with Gasteiger partial charge >= 0.3 is 0 Å². The molecule has 0 saturated heterocycles. The maximum Gasteiger partial charge on any atom is 0.257 e. The van der Waals surface area contributed by atoms with E-state index in [1.54, 1.807) is 0 Å². The van der Waals surface area contributed by atoms with Gasteiger partial charge in [0.25, 0.3) is 5.91 Å². The van der Waals surface area contributed by atoms with Crippen LogP contribution in [-0.4, -0.2) is 21.7 Å². The van der Waals surface area contributed by atoms with Crippen molar-refractivity contribution in [3.05, 3.63) is 83.6 Å². The fraction of sp³-hybridized carbons (Fsp3) is 0.259. The fourth-order valence-corrected chi connectivity index (χ4v) is 5.44. The second-order valence-corrected chi connectivity index (χ2v) is 10.1. The zero-order valence-electron chi connectivity index (χ0n) is 18.5. The van der Waals surface area contributed by atoms with Crippen LogP contribution in [0, 0.1) is 5.92 Å². The summed E-state index contributed by atoms with van der Waals surface area (Å²) in [6.45, 7) is 0.761. The van der Waals surface area contributed by atoms with Crippen LogP contribution in [0.25, 0.3) is 16.0 Å². The van der Waals surface area contributed by atoms with Gasteiger partial charge in [-0.05, 0) is 72.1 Å². The van der Waals surface area contributed by atoms with Crippen molar-refractivity contribution in [1.82, 2.24) is 9.71 Å². The summed E-state index contributed by atoms with van der Waals surface area (Å²) in [6, 6.07) is 17.8. The molecule has 3 aliphatic rings. The Morgan fingerprint density at radius 3 is 2.53 bits per heavy atom. The van der Waals surface area contributed by atoms with Gasteiger partial charge in [0.1, 0.15) is 11.9 Å². The Kier molecular flexibility index (Phi) is 5.41. The predicted molar refractivity (Wildman–Crippen MR) is 130 cm³/mol. The van der Waals surface area contributed by atoms with Gasteiger partial charge in [-0.25, -0.2) is 9.19 Å². The largest absolute Gasteiger partial charge is 0.486 e. The normalized spacial score (nSPS) is 21.1. The highest BCUT2D eigenvalue weighted by molar-refractivity contribution is 7.93. The Hall–Kier alpha value is -3.45. The number of hydrogen-bond donors (Lipinski definition) is 1. The summed E-state index contributed by atoms with van der Waals surface area (Å²) in [5.41, 5.74) is 5.52. The lowest BCUT2D eigenvalue weighted by Gasteiger charge is -2.16. The van der Waals surface area contributed by atoms with E-state index in [-0.39, 0.29) is 12.0 Å². The highest BCUT2D eigenvalue weighted by Crippen LogP contribution is 2.40. The lowest BCUT2D eigenvalue weighted by atomic mass is 9.98. The summed E-state index contributed by atoms with van der Waals surface area (Å²) in [5, 5.41) is 0. The standard InChI is InChI=1S/C27H24N2O4S/c30-26-14-25(34(31)29-26)18-6-9-20(10-7-18)33-24-12-11-22-21(2-1-3-23(22)24)19-8-13-27(28-15-19)32-16-17-4-5-17/h1-3,6-10,13-15,17,24H,4-5,11-12,16H2,(H,29,30)/t24-,34?/m1/s1. The van der Waals surface area contributed by atoms with Crippen LogP contribution in [0.15, 0.2) is 66.9 Å². The monoisotopic (exact) mass is 472 g/mol. The van der Waals surface area contributed by atoms with E-state index >= 15 is 0 Å². The summed E-state index contributed by atoms with van der Waals surface area (Å²) < 4.78 is 26.5. The topological polar surface area (TPSA) is 77.5 Å². The molecular formula is C27H24N2O4S. The van der Waals surface area contributed by atoms with Crippen LogP contribution in [0.2, 0.25) is 0 Å². The summed E-state index contributed by atoms with van der Waals surface area (Å²) in [4.78, 5) is 16.4. The highest BCUT2D eigenvalue weighted by Gasteiger charge is 2.27. The van der Waals surface area contributed by atoms with Gasteiger partial charge in [0, 0.05) is 23.9 Å². The third kappa shape index (κ3) is 4.23. The Balaban J connectivity index is 1.18. The van der Waals surface area contributed by atoms with E-state index in [1.165, 1.54) is 35.6 Å². The Labute approximate surface area is 200 Å². The average Bonchev–Trinajstić information content (AvgIpc) is 3.51.